The first kappa shape index (κ1) is 47.9. The highest BCUT2D eigenvalue weighted by Crippen LogP contribution is 2.34. The van der Waals surface area contributed by atoms with E-state index in [0.717, 1.165) is 22.7 Å². The van der Waals surface area contributed by atoms with E-state index in [1.54, 1.807) is 60.7 Å². The third kappa shape index (κ3) is 11.9. The molecule has 20 heteroatoms. The van der Waals surface area contributed by atoms with Crippen LogP contribution in [-0.2, 0) is 9.59 Å². The van der Waals surface area contributed by atoms with Gasteiger partial charge in [-0.15, -0.1) is 22.7 Å². The van der Waals surface area contributed by atoms with Crippen LogP contribution in [0.15, 0.2) is 119 Å². The van der Waals surface area contributed by atoms with Gasteiger partial charge in [0.25, 0.3) is 22.9 Å². The van der Waals surface area contributed by atoms with Gasteiger partial charge in [-0.2, -0.15) is 0 Å². The lowest BCUT2D eigenvalue weighted by Gasteiger charge is -2.15. The fourth-order valence-corrected chi connectivity index (χ4v) is 9.75. The van der Waals surface area contributed by atoms with Crippen LogP contribution in [0.1, 0.15) is 45.0 Å². The number of carbonyl (C=O) groups excluding carboxylic acids is 4. The molecular formula is C46H42Cl2F2N6O8S2. The zero-order chi connectivity index (χ0) is 47.1. The molecule has 6 atom stereocenters. The van der Waals surface area contributed by atoms with E-state index >= 15 is 0 Å². The minimum Gasteiger partial charge on any atom is -0.393 e. The van der Waals surface area contributed by atoms with Crippen molar-refractivity contribution in [3.63, 3.8) is 0 Å². The van der Waals surface area contributed by atoms with Gasteiger partial charge in [0, 0.05) is 73.4 Å². The third-order valence-corrected chi connectivity index (χ3v) is 13.8. The van der Waals surface area contributed by atoms with Crippen molar-refractivity contribution < 1.29 is 38.2 Å². The number of carbonyl (C=O) groups is 4. The average molecular weight is 980 g/mol. The Kier molecular flexibility index (Phi) is 15.6. The van der Waals surface area contributed by atoms with Crippen LogP contribution in [0.25, 0.3) is 11.4 Å². The van der Waals surface area contributed by atoms with Crippen molar-refractivity contribution in [2.24, 2.45) is 23.7 Å². The SMILES string of the molecule is O=C(NC[C@@H]1C[C@@H](C(=O)Nc2ccc(-n3ccccc3=O)cc2F)C[C@H]1O)c1ccc(Cl)s1.O=C(NC[C@H]1C[C@H](C(=O)Nc2ccc(-n3ccccc3=O)cc2F)C[C@@H]1O)c1ccc(Cl)s1. The maximum Gasteiger partial charge on any atom is 0.261 e. The standard InChI is InChI=1S/2C23H21ClFN3O4S/c2*24-20-7-6-19(33-20)23(32)26-12-14-9-13(10-18(14)29)22(31)27-17-5-4-15(11-16(17)25)28-8-2-1-3-21(28)30/h2*1-8,11,13-14,18,29H,9-10,12H2,(H,26,32)(H,27,31)/t2*13-,14+,18-/m10/s1. The van der Waals surface area contributed by atoms with E-state index in [2.05, 4.69) is 21.3 Å². The molecule has 14 nitrogen and oxygen atoms in total. The molecule has 0 saturated heterocycles. The van der Waals surface area contributed by atoms with Crippen LogP contribution in [0, 0.1) is 35.3 Å². The minimum absolute atomic E-state index is 0.00598. The molecule has 4 heterocycles. The number of hydrogen-bond acceptors (Lipinski definition) is 10. The zero-order valence-electron chi connectivity index (χ0n) is 34.7. The number of nitrogens with one attached hydrogen (secondary N) is 4. The predicted octanol–water partition coefficient (Wildman–Crippen LogP) is 6.89. The number of thiophene rings is 2. The molecule has 4 aromatic heterocycles. The molecule has 2 aliphatic carbocycles. The number of aliphatic hydroxyl groups excluding tert-OH is 2. The fraction of sp³-hybridized carbons (Fsp3) is 0.261. The Hall–Kier alpha value is -6.02. The second kappa shape index (κ2) is 21.5. The van der Waals surface area contributed by atoms with Gasteiger partial charge in [-0.05, 0) is 86.3 Å². The first-order valence-corrected chi connectivity index (χ1v) is 23.0. The number of rotatable bonds is 12. The highest BCUT2D eigenvalue weighted by molar-refractivity contribution is 7.18. The minimum atomic E-state index is -0.759. The summed E-state index contributed by atoms with van der Waals surface area (Å²) in [6.45, 7) is 0.433. The Labute approximate surface area is 393 Å². The Morgan fingerprint density at radius 3 is 1.35 bits per heavy atom. The Balaban J connectivity index is 0.000000196. The number of aliphatic hydroxyl groups is 2. The van der Waals surface area contributed by atoms with Gasteiger partial charge in [-0.25, -0.2) is 8.78 Å². The molecule has 0 bridgehead atoms. The number of nitrogens with zero attached hydrogens (tertiary/aromatic N) is 2. The van der Waals surface area contributed by atoms with Crippen LogP contribution in [0.4, 0.5) is 20.2 Å². The smallest absolute Gasteiger partial charge is 0.261 e. The molecule has 2 aliphatic rings. The molecule has 66 heavy (non-hydrogen) atoms. The van der Waals surface area contributed by atoms with Gasteiger partial charge in [0.2, 0.25) is 11.8 Å². The van der Waals surface area contributed by atoms with Crippen LogP contribution in [0.2, 0.25) is 8.67 Å². The third-order valence-electron chi connectivity index (χ3n) is 11.3. The van der Waals surface area contributed by atoms with Gasteiger partial charge in [0.1, 0.15) is 11.6 Å². The molecule has 0 spiro atoms. The lowest BCUT2D eigenvalue weighted by molar-refractivity contribution is -0.120. The number of aromatic nitrogens is 2. The van der Waals surface area contributed by atoms with Gasteiger partial charge >= 0.3 is 0 Å². The van der Waals surface area contributed by atoms with Crippen molar-refractivity contribution in [2.75, 3.05) is 23.7 Å². The molecule has 2 aromatic carbocycles. The molecule has 6 aromatic rings. The van der Waals surface area contributed by atoms with E-state index in [-0.39, 0.29) is 72.1 Å². The van der Waals surface area contributed by atoms with Crippen molar-refractivity contribution in [3.05, 3.63) is 160 Å². The summed E-state index contributed by atoms with van der Waals surface area (Å²) in [4.78, 5) is 74.5. The van der Waals surface area contributed by atoms with Crippen molar-refractivity contribution in [2.45, 2.75) is 37.9 Å². The van der Waals surface area contributed by atoms with Crippen LogP contribution >= 0.6 is 45.9 Å². The normalized spacial score (nSPS) is 19.9. The van der Waals surface area contributed by atoms with Gasteiger partial charge < -0.3 is 31.5 Å². The predicted molar refractivity (Wildman–Crippen MR) is 249 cm³/mol. The van der Waals surface area contributed by atoms with E-state index in [1.165, 1.54) is 57.9 Å². The topological polar surface area (TPSA) is 201 Å². The van der Waals surface area contributed by atoms with Crippen LogP contribution in [0.5, 0.6) is 0 Å². The van der Waals surface area contributed by atoms with E-state index in [0.29, 0.717) is 42.6 Å². The monoisotopic (exact) mass is 978 g/mol. The second-order valence-corrected chi connectivity index (χ2v) is 19.2. The molecule has 6 N–H and O–H groups in total. The number of amides is 4. The molecule has 2 fully saturated rings. The first-order valence-electron chi connectivity index (χ1n) is 20.6. The van der Waals surface area contributed by atoms with Crippen molar-refractivity contribution in [3.8, 4) is 11.4 Å². The van der Waals surface area contributed by atoms with Gasteiger partial charge in [0.05, 0.1) is 53.4 Å². The molecule has 344 valence electrons. The van der Waals surface area contributed by atoms with Crippen LogP contribution in [-0.4, -0.2) is 68.3 Å². The van der Waals surface area contributed by atoms with Crippen LogP contribution < -0.4 is 32.4 Å². The fourth-order valence-electron chi connectivity index (χ4n) is 7.83. The van der Waals surface area contributed by atoms with Crippen LogP contribution in [0.3, 0.4) is 0 Å². The van der Waals surface area contributed by atoms with E-state index in [9.17, 15) is 47.8 Å². The van der Waals surface area contributed by atoms with Gasteiger partial charge in [0.15, 0.2) is 0 Å². The van der Waals surface area contributed by atoms with E-state index < -0.39 is 47.5 Å². The zero-order valence-corrected chi connectivity index (χ0v) is 37.8. The molecular weight excluding hydrogens is 938 g/mol. The second-order valence-electron chi connectivity index (χ2n) is 15.7. The number of hydrogen-bond donors (Lipinski definition) is 6. The molecule has 0 unspecified atom stereocenters. The molecule has 4 amide bonds. The van der Waals surface area contributed by atoms with Crippen molar-refractivity contribution in [1.82, 2.24) is 19.8 Å². The van der Waals surface area contributed by atoms with Gasteiger partial charge in [-0.1, -0.05) is 35.3 Å². The average Bonchev–Trinajstić information content (AvgIpc) is 4.11. The Morgan fingerprint density at radius 2 is 1.00 bits per heavy atom. The number of benzene rings is 2. The molecule has 8 rings (SSSR count). The Morgan fingerprint density at radius 1 is 0.591 bits per heavy atom. The summed E-state index contributed by atoms with van der Waals surface area (Å²) in [5, 5.41) is 31.4. The number of halogens is 4. The summed E-state index contributed by atoms with van der Waals surface area (Å²) in [6, 6.07) is 24.0. The maximum absolute atomic E-state index is 14.6. The van der Waals surface area contributed by atoms with Crippen molar-refractivity contribution in [1.29, 1.82) is 0 Å². The highest BCUT2D eigenvalue weighted by Gasteiger charge is 2.38. The largest absolute Gasteiger partial charge is 0.393 e. The quantitative estimate of drug-likeness (QED) is 0.0761. The highest BCUT2D eigenvalue weighted by atomic mass is 35.5. The molecule has 0 radical (unpaired) electrons. The lowest BCUT2D eigenvalue weighted by Crippen LogP contribution is -2.32. The number of pyridine rings is 2. The summed E-state index contributed by atoms with van der Waals surface area (Å²) >= 11 is 14.0. The summed E-state index contributed by atoms with van der Waals surface area (Å²) in [5.41, 5.74) is 0.0791. The Bertz CT molecular complexity index is 2680. The van der Waals surface area contributed by atoms with Crippen molar-refractivity contribution >= 4 is 80.9 Å². The molecule has 2 saturated carbocycles. The summed E-state index contributed by atoms with van der Waals surface area (Å²) in [6.07, 6.45) is 2.69. The van der Waals surface area contributed by atoms with Gasteiger partial charge in [-0.3, -0.25) is 37.9 Å². The molecule has 0 aliphatic heterocycles. The maximum atomic E-state index is 14.6. The number of anilines is 2. The first-order chi connectivity index (χ1) is 31.6. The summed E-state index contributed by atoms with van der Waals surface area (Å²) < 4.78 is 32.8. The van der Waals surface area contributed by atoms with E-state index in [4.69, 9.17) is 23.2 Å². The summed E-state index contributed by atoms with van der Waals surface area (Å²) in [7, 11) is 0. The lowest BCUT2D eigenvalue weighted by atomic mass is 10.0. The van der Waals surface area contributed by atoms with E-state index in [1.807, 2.05) is 0 Å². The summed E-state index contributed by atoms with van der Waals surface area (Å²) in [5.74, 6) is -4.36.